The minimum atomic E-state index is -0.0242. The van der Waals surface area contributed by atoms with Crippen molar-refractivity contribution in [1.29, 1.82) is 0 Å². The summed E-state index contributed by atoms with van der Waals surface area (Å²) in [5, 5.41) is 1.17. The summed E-state index contributed by atoms with van der Waals surface area (Å²) in [5.41, 5.74) is 4.75. The number of H-pyrrole nitrogens is 1. The van der Waals surface area contributed by atoms with Gasteiger partial charge in [-0.15, -0.1) is 0 Å². The Morgan fingerprint density at radius 3 is 2.61 bits per heavy atom. The minimum absolute atomic E-state index is 0.0242. The molecule has 7 nitrogen and oxygen atoms in total. The number of amides is 2. The molecule has 2 amide bonds. The van der Waals surface area contributed by atoms with Gasteiger partial charge in [-0.2, -0.15) is 0 Å². The number of hydrogen-bond donors (Lipinski definition) is 1. The fourth-order valence-corrected chi connectivity index (χ4v) is 5.73. The first-order chi connectivity index (χ1) is 17.6. The second-order valence-electron chi connectivity index (χ2n) is 9.69. The Hall–Kier alpha value is -3.35. The molecule has 0 spiro atoms. The van der Waals surface area contributed by atoms with Crippen molar-refractivity contribution in [3.8, 4) is 17.2 Å². The third-order valence-corrected chi connectivity index (χ3v) is 7.62. The van der Waals surface area contributed by atoms with E-state index in [4.69, 9.17) is 14.2 Å². The second kappa shape index (κ2) is 10.7. The van der Waals surface area contributed by atoms with Crippen molar-refractivity contribution in [2.24, 2.45) is 0 Å². The van der Waals surface area contributed by atoms with Gasteiger partial charge in [0.1, 0.15) is 5.75 Å². The molecule has 1 saturated heterocycles. The van der Waals surface area contributed by atoms with Crippen LogP contribution in [-0.2, 0) is 12.8 Å². The third-order valence-electron chi connectivity index (χ3n) is 7.62. The molecule has 3 aromatic rings. The maximum atomic E-state index is 13.7. The van der Waals surface area contributed by atoms with Crippen LogP contribution < -0.4 is 14.2 Å². The first kappa shape index (κ1) is 24.3. The molecular weight excluding hydrogens is 454 g/mol. The van der Waals surface area contributed by atoms with E-state index in [1.165, 1.54) is 28.5 Å². The number of fused-ring (bicyclic) bond motifs is 2. The summed E-state index contributed by atoms with van der Waals surface area (Å²) >= 11 is 0. The number of aromatic amines is 1. The second-order valence-corrected chi connectivity index (χ2v) is 9.69. The third kappa shape index (κ3) is 4.71. The molecule has 0 saturated carbocycles. The fraction of sp³-hybridized carbons (Fsp3) is 0.483. The highest BCUT2D eigenvalue weighted by molar-refractivity contribution is 5.84. The fourth-order valence-electron chi connectivity index (χ4n) is 5.73. The van der Waals surface area contributed by atoms with Gasteiger partial charge in [-0.25, -0.2) is 4.79 Å². The summed E-state index contributed by atoms with van der Waals surface area (Å²) in [6, 6.07) is 10.5. The molecule has 1 atom stereocenters. The van der Waals surface area contributed by atoms with Gasteiger partial charge in [0.05, 0.1) is 26.9 Å². The van der Waals surface area contributed by atoms with Crippen LogP contribution in [0, 0.1) is 0 Å². The topological polar surface area (TPSA) is 67.0 Å². The number of rotatable bonds is 7. The lowest BCUT2D eigenvalue weighted by Gasteiger charge is -2.41. The molecule has 1 N–H and O–H groups in total. The van der Waals surface area contributed by atoms with Gasteiger partial charge in [0, 0.05) is 36.7 Å². The number of urea groups is 1. The monoisotopic (exact) mass is 491 g/mol. The molecule has 3 heterocycles. The lowest BCUT2D eigenvalue weighted by molar-refractivity contribution is 0.118. The van der Waals surface area contributed by atoms with E-state index in [1.54, 1.807) is 14.2 Å². The Labute approximate surface area is 213 Å². The number of hydrogen-bond acceptors (Lipinski definition) is 4. The molecule has 7 heteroatoms. The number of likely N-dealkylation sites (tertiary alicyclic amines) is 1. The Morgan fingerprint density at radius 1 is 1.03 bits per heavy atom. The summed E-state index contributed by atoms with van der Waals surface area (Å²) in [6.07, 6.45) is 7.96. The van der Waals surface area contributed by atoms with Gasteiger partial charge in [-0.3, -0.25) is 0 Å². The number of ether oxygens (including phenoxy) is 3. The quantitative estimate of drug-likeness (QED) is 0.459. The van der Waals surface area contributed by atoms with Crippen LogP contribution in [0.25, 0.3) is 10.9 Å². The largest absolute Gasteiger partial charge is 0.497 e. The Kier molecular flexibility index (Phi) is 7.25. The molecule has 2 aliphatic rings. The van der Waals surface area contributed by atoms with Crippen LogP contribution in [-0.4, -0.2) is 61.3 Å². The van der Waals surface area contributed by atoms with E-state index in [9.17, 15) is 4.79 Å². The maximum Gasteiger partial charge on any atom is 0.320 e. The average molecular weight is 492 g/mol. The van der Waals surface area contributed by atoms with Gasteiger partial charge in [0.2, 0.25) is 0 Å². The molecular formula is C29H37N3O4. The number of nitrogens with zero attached hydrogens (tertiary/aromatic N) is 2. The minimum Gasteiger partial charge on any atom is -0.497 e. The van der Waals surface area contributed by atoms with Gasteiger partial charge in [-0.05, 0) is 92.5 Å². The first-order valence-electron chi connectivity index (χ1n) is 13.2. The lowest BCUT2D eigenvalue weighted by Crippen LogP contribution is -2.49. The number of nitrogens with one attached hydrogen (secondary N) is 1. The molecule has 5 rings (SSSR count). The summed E-state index contributed by atoms with van der Waals surface area (Å²) in [7, 11) is 3.38. The highest BCUT2D eigenvalue weighted by atomic mass is 16.5. The first-order valence-corrected chi connectivity index (χ1v) is 13.2. The molecule has 0 radical (unpaired) electrons. The van der Waals surface area contributed by atoms with E-state index in [1.807, 2.05) is 17.9 Å². The number of methoxy groups -OCH3 is 2. The Bertz CT molecular complexity index is 1210. The molecule has 0 aliphatic carbocycles. The Balaban J connectivity index is 1.48. The SMILES string of the molecule is CCOc1cc2c(cc1OC)CCN(C(=O)N1CCCCC1)C2CCc1c[nH]c2ccc(OC)cc12. The molecule has 1 unspecified atom stereocenters. The van der Waals surface area contributed by atoms with Crippen molar-refractivity contribution in [2.75, 3.05) is 40.5 Å². The molecule has 1 fully saturated rings. The molecule has 1 aromatic heterocycles. The van der Waals surface area contributed by atoms with E-state index < -0.39 is 0 Å². The standard InChI is InChI=1S/C29H37N3O4/c1-4-36-28-18-24-20(16-27(28)35-3)12-15-32(29(33)31-13-6-5-7-14-31)26(24)11-8-21-19-30-25-10-9-22(34-2)17-23(21)25/h9-10,16-19,26,30H,4-8,11-15H2,1-3H3. The molecule has 36 heavy (non-hydrogen) atoms. The van der Waals surface area contributed by atoms with Crippen LogP contribution >= 0.6 is 0 Å². The maximum absolute atomic E-state index is 13.7. The number of carbonyl (C=O) groups is 1. The van der Waals surface area contributed by atoms with Gasteiger partial charge < -0.3 is 29.0 Å². The van der Waals surface area contributed by atoms with E-state index in [0.717, 1.165) is 68.0 Å². The number of aromatic nitrogens is 1. The average Bonchev–Trinajstić information content (AvgIpc) is 3.33. The van der Waals surface area contributed by atoms with Crippen molar-refractivity contribution >= 4 is 16.9 Å². The predicted molar refractivity (Wildman–Crippen MR) is 141 cm³/mol. The number of aryl methyl sites for hydroxylation is 1. The van der Waals surface area contributed by atoms with Crippen LogP contribution in [0.1, 0.15) is 55.3 Å². The van der Waals surface area contributed by atoms with Gasteiger partial charge in [0.15, 0.2) is 11.5 Å². The zero-order valence-corrected chi connectivity index (χ0v) is 21.6. The summed E-state index contributed by atoms with van der Waals surface area (Å²) in [4.78, 5) is 21.3. The van der Waals surface area contributed by atoms with Crippen molar-refractivity contribution in [3.05, 3.63) is 53.2 Å². The van der Waals surface area contributed by atoms with E-state index in [-0.39, 0.29) is 12.1 Å². The number of carbonyl (C=O) groups excluding carboxylic acids is 1. The predicted octanol–water partition coefficient (Wildman–Crippen LogP) is 5.72. The van der Waals surface area contributed by atoms with Crippen molar-refractivity contribution in [3.63, 3.8) is 0 Å². The number of piperidine rings is 1. The van der Waals surface area contributed by atoms with Gasteiger partial charge in [0.25, 0.3) is 0 Å². The summed E-state index contributed by atoms with van der Waals surface area (Å²) < 4.78 is 17.0. The smallest absolute Gasteiger partial charge is 0.320 e. The van der Waals surface area contributed by atoms with Crippen LogP contribution in [0.3, 0.4) is 0 Å². The van der Waals surface area contributed by atoms with Crippen LogP contribution in [0.15, 0.2) is 36.5 Å². The van der Waals surface area contributed by atoms with Gasteiger partial charge in [-0.1, -0.05) is 0 Å². The van der Waals surface area contributed by atoms with Crippen LogP contribution in [0.2, 0.25) is 0 Å². The zero-order valence-electron chi connectivity index (χ0n) is 21.6. The van der Waals surface area contributed by atoms with Crippen LogP contribution in [0.5, 0.6) is 17.2 Å². The van der Waals surface area contributed by atoms with Crippen molar-refractivity contribution in [2.45, 2.75) is 51.5 Å². The van der Waals surface area contributed by atoms with Crippen molar-refractivity contribution < 1.29 is 19.0 Å². The molecule has 192 valence electrons. The van der Waals surface area contributed by atoms with E-state index in [2.05, 4.69) is 40.3 Å². The van der Waals surface area contributed by atoms with Crippen molar-refractivity contribution in [1.82, 2.24) is 14.8 Å². The van der Waals surface area contributed by atoms with E-state index >= 15 is 0 Å². The molecule has 0 bridgehead atoms. The summed E-state index contributed by atoms with van der Waals surface area (Å²) in [5.74, 6) is 2.35. The number of benzene rings is 2. The summed E-state index contributed by atoms with van der Waals surface area (Å²) in [6.45, 7) is 4.96. The Morgan fingerprint density at radius 2 is 1.86 bits per heavy atom. The highest BCUT2D eigenvalue weighted by Gasteiger charge is 2.34. The van der Waals surface area contributed by atoms with Crippen LogP contribution in [0.4, 0.5) is 4.79 Å². The highest BCUT2D eigenvalue weighted by Crippen LogP contribution is 2.41. The molecule has 2 aromatic carbocycles. The van der Waals surface area contributed by atoms with E-state index in [0.29, 0.717) is 13.2 Å². The zero-order chi connectivity index (χ0) is 25.1. The lowest BCUT2D eigenvalue weighted by atomic mass is 9.88. The molecule has 2 aliphatic heterocycles. The normalized spacial score (nSPS) is 17.7. The van der Waals surface area contributed by atoms with Gasteiger partial charge >= 0.3 is 6.03 Å².